The maximum absolute atomic E-state index is 13.0. The zero-order chi connectivity index (χ0) is 22.3. The molecule has 0 bridgehead atoms. The van der Waals surface area contributed by atoms with Crippen LogP contribution in [-0.4, -0.2) is 27.9 Å². The van der Waals surface area contributed by atoms with Gasteiger partial charge in [-0.2, -0.15) is 26.3 Å². The normalized spacial score (nSPS) is 12.9. The molecule has 160 valence electrons. The van der Waals surface area contributed by atoms with E-state index in [4.69, 9.17) is 0 Å². The molecule has 1 aromatic heterocycles. The molecule has 2 aromatic carbocycles. The molecule has 1 amide bonds. The Kier molecular flexibility index (Phi) is 5.32. The Hall–Kier alpha value is -3.01. The third kappa shape index (κ3) is 3.87. The average molecular weight is 430 g/mol. The van der Waals surface area contributed by atoms with Gasteiger partial charge in [0.2, 0.25) is 5.91 Å². The molecule has 0 saturated carbocycles. The summed E-state index contributed by atoms with van der Waals surface area (Å²) < 4.78 is 79.6. The highest BCUT2D eigenvalue weighted by molar-refractivity contribution is 5.92. The fourth-order valence-corrected chi connectivity index (χ4v) is 3.16. The smallest absolute Gasteiger partial charge is 0.369 e. The quantitative estimate of drug-likeness (QED) is 0.575. The van der Waals surface area contributed by atoms with Gasteiger partial charge in [-0.15, -0.1) is 0 Å². The van der Waals surface area contributed by atoms with E-state index in [1.54, 1.807) is 35.0 Å². The first kappa shape index (κ1) is 21.7. The Morgan fingerprint density at radius 3 is 2.10 bits per heavy atom. The highest BCUT2D eigenvalue weighted by Crippen LogP contribution is 2.49. The van der Waals surface area contributed by atoms with Crippen LogP contribution in [0.1, 0.15) is 18.1 Å². The molecule has 2 N–H and O–H groups in total. The number of alkyl halides is 6. The van der Waals surface area contributed by atoms with Gasteiger partial charge in [0, 0.05) is 41.8 Å². The predicted molar refractivity (Wildman–Crippen MR) is 97.8 cm³/mol. The van der Waals surface area contributed by atoms with Crippen molar-refractivity contribution in [2.75, 3.05) is 5.32 Å². The number of aromatic nitrogens is 1. The summed E-state index contributed by atoms with van der Waals surface area (Å²) in [5.74, 6) is -0.230. The minimum atomic E-state index is -5.92. The van der Waals surface area contributed by atoms with Crippen LogP contribution in [-0.2, 0) is 16.9 Å². The van der Waals surface area contributed by atoms with Crippen LogP contribution >= 0.6 is 0 Å². The Morgan fingerprint density at radius 1 is 0.967 bits per heavy atom. The molecule has 0 aliphatic heterocycles. The predicted octanol–water partition coefficient (Wildman–Crippen LogP) is 4.96. The maximum Gasteiger partial charge on any atom is 0.430 e. The highest BCUT2D eigenvalue weighted by atomic mass is 19.4. The highest BCUT2D eigenvalue weighted by Gasteiger charge is 2.71. The monoisotopic (exact) mass is 430 g/mol. The third-order valence-electron chi connectivity index (χ3n) is 4.64. The standard InChI is InChI=1S/C20H16F6N2O2/c1-12(29)27-16-6-7-17-14(10-16)8-9-28(17)11-13-2-4-15(5-3-13)18(30,19(21,22)23)20(24,25)26/h2-10,30H,11H2,1H3,(H,27,29). The summed E-state index contributed by atoms with van der Waals surface area (Å²) in [6.07, 6.45) is -10.1. The van der Waals surface area contributed by atoms with Crippen molar-refractivity contribution in [1.29, 1.82) is 0 Å². The number of nitrogens with zero attached hydrogens (tertiary/aromatic N) is 1. The van der Waals surface area contributed by atoms with E-state index in [0.29, 0.717) is 23.4 Å². The Bertz CT molecular complexity index is 1050. The molecule has 0 atom stereocenters. The second kappa shape index (κ2) is 7.35. The van der Waals surface area contributed by atoms with Crippen molar-refractivity contribution >= 4 is 22.5 Å². The first-order chi connectivity index (χ1) is 13.8. The number of hydrogen-bond donors (Lipinski definition) is 2. The van der Waals surface area contributed by atoms with Gasteiger partial charge < -0.3 is 15.0 Å². The zero-order valence-corrected chi connectivity index (χ0v) is 15.5. The topological polar surface area (TPSA) is 54.3 Å². The molecule has 3 aromatic rings. The lowest BCUT2D eigenvalue weighted by Crippen LogP contribution is -2.53. The molecule has 30 heavy (non-hydrogen) atoms. The molecular formula is C20H16F6N2O2. The van der Waals surface area contributed by atoms with Gasteiger partial charge >= 0.3 is 12.4 Å². The number of carbonyl (C=O) groups excluding carboxylic acids is 1. The van der Waals surface area contributed by atoms with Gasteiger partial charge in [-0.3, -0.25) is 4.79 Å². The van der Waals surface area contributed by atoms with E-state index in [1.807, 2.05) is 0 Å². The van der Waals surface area contributed by atoms with Gasteiger partial charge in [-0.05, 0) is 29.8 Å². The van der Waals surface area contributed by atoms with Gasteiger partial charge in [-0.25, -0.2) is 0 Å². The lowest BCUT2D eigenvalue weighted by atomic mass is 9.91. The molecule has 3 rings (SSSR count). The molecule has 0 aliphatic rings. The molecule has 1 heterocycles. The molecule has 0 unspecified atom stereocenters. The second-order valence-electron chi connectivity index (χ2n) is 6.80. The summed E-state index contributed by atoms with van der Waals surface area (Å²) in [5, 5.41) is 12.9. The summed E-state index contributed by atoms with van der Waals surface area (Å²) in [6, 6.07) is 10.4. The Morgan fingerprint density at radius 2 is 1.57 bits per heavy atom. The van der Waals surface area contributed by atoms with Gasteiger partial charge in [0.25, 0.3) is 5.60 Å². The van der Waals surface area contributed by atoms with Crippen molar-refractivity contribution in [3.8, 4) is 0 Å². The molecular weight excluding hydrogens is 414 g/mol. The van der Waals surface area contributed by atoms with E-state index in [-0.39, 0.29) is 12.5 Å². The van der Waals surface area contributed by atoms with Crippen LogP contribution in [0.15, 0.2) is 54.7 Å². The number of fused-ring (bicyclic) bond motifs is 1. The minimum absolute atomic E-state index is 0.180. The van der Waals surface area contributed by atoms with Crippen molar-refractivity contribution in [3.63, 3.8) is 0 Å². The fourth-order valence-electron chi connectivity index (χ4n) is 3.16. The second-order valence-corrected chi connectivity index (χ2v) is 6.80. The number of nitrogens with one attached hydrogen (secondary N) is 1. The SMILES string of the molecule is CC(=O)Nc1ccc2c(ccn2Cc2ccc(C(O)(C(F)(F)F)C(F)(F)F)cc2)c1. The Balaban J connectivity index is 1.88. The van der Waals surface area contributed by atoms with Gasteiger partial charge in [0.05, 0.1) is 0 Å². The first-order valence-corrected chi connectivity index (χ1v) is 8.64. The number of benzene rings is 2. The van der Waals surface area contributed by atoms with E-state index < -0.39 is 23.5 Å². The number of amides is 1. The molecule has 0 fully saturated rings. The van der Waals surface area contributed by atoms with Gasteiger partial charge in [0.1, 0.15) is 0 Å². The molecule has 10 heteroatoms. The number of anilines is 1. The fraction of sp³-hybridized carbons (Fsp3) is 0.250. The van der Waals surface area contributed by atoms with Gasteiger partial charge in [-0.1, -0.05) is 24.3 Å². The third-order valence-corrected chi connectivity index (χ3v) is 4.64. The van der Waals surface area contributed by atoms with Crippen LogP contribution in [0.4, 0.5) is 32.0 Å². The van der Waals surface area contributed by atoms with Crippen LogP contribution in [0.25, 0.3) is 10.9 Å². The molecule has 0 saturated heterocycles. The summed E-state index contributed by atoms with van der Waals surface area (Å²) in [6.45, 7) is 1.55. The van der Waals surface area contributed by atoms with Crippen molar-refractivity contribution in [1.82, 2.24) is 4.57 Å². The van der Waals surface area contributed by atoms with Crippen LogP contribution in [0.2, 0.25) is 0 Å². The zero-order valence-electron chi connectivity index (χ0n) is 15.5. The van der Waals surface area contributed by atoms with Crippen LogP contribution in [0.3, 0.4) is 0 Å². The largest absolute Gasteiger partial charge is 0.430 e. The Labute approximate surface area is 166 Å². The number of rotatable bonds is 4. The average Bonchev–Trinajstić information content (AvgIpc) is 3.01. The maximum atomic E-state index is 13.0. The van der Waals surface area contributed by atoms with E-state index in [2.05, 4.69) is 5.32 Å². The van der Waals surface area contributed by atoms with Crippen molar-refractivity contribution in [2.24, 2.45) is 0 Å². The van der Waals surface area contributed by atoms with E-state index >= 15 is 0 Å². The van der Waals surface area contributed by atoms with Crippen molar-refractivity contribution in [3.05, 3.63) is 65.9 Å². The number of carbonyl (C=O) groups is 1. The molecule has 0 aliphatic carbocycles. The lowest BCUT2D eigenvalue weighted by molar-refractivity contribution is -0.376. The number of halogens is 6. The van der Waals surface area contributed by atoms with Crippen LogP contribution in [0.5, 0.6) is 0 Å². The molecule has 0 spiro atoms. The van der Waals surface area contributed by atoms with Crippen LogP contribution < -0.4 is 5.32 Å². The number of aliphatic hydroxyl groups is 1. The minimum Gasteiger partial charge on any atom is -0.369 e. The summed E-state index contributed by atoms with van der Waals surface area (Å²) in [5.41, 5.74) is -4.46. The van der Waals surface area contributed by atoms with E-state index in [1.165, 1.54) is 6.92 Å². The number of hydrogen-bond acceptors (Lipinski definition) is 2. The first-order valence-electron chi connectivity index (χ1n) is 8.64. The summed E-state index contributed by atoms with van der Waals surface area (Å²) in [7, 11) is 0. The molecule has 0 radical (unpaired) electrons. The molecule has 4 nitrogen and oxygen atoms in total. The summed E-state index contributed by atoms with van der Waals surface area (Å²) in [4.78, 5) is 11.1. The van der Waals surface area contributed by atoms with E-state index in [9.17, 15) is 36.2 Å². The van der Waals surface area contributed by atoms with Gasteiger partial charge in [0.15, 0.2) is 0 Å². The van der Waals surface area contributed by atoms with Crippen molar-refractivity contribution < 1.29 is 36.2 Å². The van der Waals surface area contributed by atoms with Crippen molar-refractivity contribution in [2.45, 2.75) is 31.4 Å². The summed E-state index contributed by atoms with van der Waals surface area (Å²) >= 11 is 0. The van der Waals surface area contributed by atoms with Crippen LogP contribution in [0, 0.1) is 0 Å². The lowest BCUT2D eigenvalue weighted by Gasteiger charge is -2.32. The van der Waals surface area contributed by atoms with E-state index in [0.717, 1.165) is 23.0 Å².